The third-order valence-corrected chi connectivity index (χ3v) is 4.88. The summed E-state index contributed by atoms with van der Waals surface area (Å²) in [5, 5.41) is 0. The normalized spacial score (nSPS) is 47.3. The Morgan fingerprint density at radius 2 is 1.92 bits per heavy atom. The van der Waals surface area contributed by atoms with Crippen molar-refractivity contribution in [3.8, 4) is 0 Å². The molecule has 0 aromatic heterocycles. The van der Waals surface area contributed by atoms with Crippen LogP contribution in [0.2, 0.25) is 0 Å². The van der Waals surface area contributed by atoms with E-state index in [1.165, 1.54) is 32.1 Å². The van der Waals surface area contributed by atoms with Crippen LogP contribution < -0.4 is 5.73 Å². The molecule has 1 saturated heterocycles. The molecule has 0 radical (unpaired) electrons. The molecule has 2 heteroatoms. The molecule has 13 heavy (non-hydrogen) atoms. The molecule has 2 unspecified atom stereocenters. The summed E-state index contributed by atoms with van der Waals surface area (Å²) in [6.07, 6.45) is 6.72. The fourth-order valence-electron chi connectivity index (χ4n) is 4.10. The second kappa shape index (κ2) is 2.71. The monoisotopic (exact) mass is 181 g/mol. The molecule has 2 N–H and O–H groups in total. The Bertz CT molecular complexity index is 206. The number of hydrogen-bond donors (Lipinski definition) is 1. The van der Waals surface area contributed by atoms with Gasteiger partial charge in [-0.1, -0.05) is 0 Å². The number of hydrogen-bond acceptors (Lipinski definition) is 2. The lowest BCUT2D eigenvalue weighted by molar-refractivity contribution is -0.0257. The smallest absolute Gasteiger partial charge is 0.0472 e. The van der Waals surface area contributed by atoms with Crippen LogP contribution in [-0.4, -0.2) is 19.3 Å². The minimum absolute atomic E-state index is 0.496. The van der Waals surface area contributed by atoms with E-state index < -0.39 is 0 Å². The van der Waals surface area contributed by atoms with Crippen molar-refractivity contribution < 1.29 is 4.74 Å². The van der Waals surface area contributed by atoms with Crippen molar-refractivity contribution in [3.63, 3.8) is 0 Å². The van der Waals surface area contributed by atoms with Crippen LogP contribution >= 0.6 is 0 Å². The van der Waals surface area contributed by atoms with Crippen LogP contribution in [0.5, 0.6) is 0 Å². The topological polar surface area (TPSA) is 35.2 Å². The molecule has 1 aliphatic heterocycles. The van der Waals surface area contributed by atoms with E-state index in [0.717, 1.165) is 25.0 Å². The molecule has 0 amide bonds. The first-order valence-electron chi connectivity index (χ1n) is 5.66. The molecule has 74 valence electrons. The lowest BCUT2D eigenvalue weighted by Crippen LogP contribution is -2.49. The van der Waals surface area contributed by atoms with Crippen molar-refractivity contribution in [1.29, 1.82) is 0 Å². The predicted octanol–water partition coefficient (Wildman–Crippen LogP) is 1.54. The highest BCUT2D eigenvalue weighted by atomic mass is 16.5. The summed E-state index contributed by atoms with van der Waals surface area (Å²) in [5.74, 6) is 1.79. The maximum Gasteiger partial charge on any atom is 0.0472 e. The summed E-state index contributed by atoms with van der Waals surface area (Å²) in [4.78, 5) is 0. The van der Waals surface area contributed by atoms with Crippen LogP contribution in [0, 0.1) is 17.3 Å². The average molecular weight is 181 g/mol. The van der Waals surface area contributed by atoms with Gasteiger partial charge in [-0.2, -0.15) is 0 Å². The van der Waals surface area contributed by atoms with Gasteiger partial charge in [0.1, 0.15) is 0 Å². The molecule has 2 saturated carbocycles. The van der Waals surface area contributed by atoms with Gasteiger partial charge in [-0.15, -0.1) is 0 Å². The molecule has 3 fully saturated rings. The summed E-state index contributed by atoms with van der Waals surface area (Å²) in [6, 6.07) is 0.496. The van der Waals surface area contributed by atoms with Gasteiger partial charge in [0.05, 0.1) is 0 Å². The van der Waals surface area contributed by atoms with Crippen molar-refractivity contribution in [2.45, 2.75) is 38.1 Å². The maximum atomic E-state index is 6.37. The van der Waals surface area contributed by atoms with E-state index >= 15 is 0 Å². The first-order valence-corrected chi connectivity index (χ1v) is 5.66. The predicted molar refractivity (Wildman–Crippen MR) is 51.3 cm³/mol. The molecule has 2 aliphatic carbocycles. The fraction of sp³-hybridized carbons (Fsp3) is 1.00. The van der Waals surface area contributed by atoms with E-state index in [2.05, 4.69) is 0 Å². The molecule has 1 spiro atoms. The number of rotatable bonds is 0. The third kappa shape index (κ3) is 0.962. The zero-order chi connectivity index (χ0) is 8.89. The summed E-state index contributed by atoms with van der Waals surface area (Å²) in [6.45, 7) is 1.91. The standard InChI is InChI=1S/C11H19NO/c12-10-8-1-2-9(7-8)11(10)3-5-13-6-4-11/h8-10H,1-7,12H2/t8?,9?,10-/m1/s1. The van der Waals surface area contributed by atoms with Gasteiger partial charge in [-0.25, -0.2) is 0 Å². The van der Waals surface area contributed by atoms with Crippen LogP contribution in [0.4, 0.5) is 0 Å². The minimum Gasteiger partial charge on any atom is -0.381 e. The van der Waals surface area contributed by atoms with Gasteiger partial charge >= 0.3 is 0 Å². The number of nitrogens with two attached hydrogens (primary N) is 1. The fourth-order valence-corrected chi connectivity index (χ4v) is 4.10. The van der Waals surface area contributed by atoms with Crippen molar-refractivity contribution in [2.24, 2.45) is 23.0 Å². The number of fused-ring (bicyclic) bond motifs is 3. The molecule has 0 aromatic carbocycles. The summed E-state index contributed by atoms with van der Waals surface area (Å²) < 4.78 is 5.46. The Morgan fingerprint density at radius 1 is 1.15 bits per heavy atom. The third-order valence-electron chi connectivity index (χ3n) is 4.88. The zero-order valence-corrected chi connectivity index (χ0v) is 8.17. The highest BCUT2D eigenvalue weighted by Crippen LogP contribution is 2.59. The van der Waals surface area contributed by atoms with Crippen molar-refractivity contribution >= 4 is 0 Å². The first kappa shape index (κ1) is 8.25. The van der Waals surface area contributed by atoms with Gasteiger partial charge in [0, 0.05) is 19.3 Å². The lowest BCUT2D eigenvalue weighted by atomic mass is 9.65. The minimum atomic E-state index is 0.496. The average Bonchev–Trinajstić information content (AvgIpc) is 2.73. The second-order valence-corrected chi connectivity index (χ2v) is 5.14. The van der Waals surface area contributed by atoms with E-state index in [1.807, 2.05) is 0 Å². The van der Waals surface area contributed by atoms with E-state index in [1.54, 1.807) is 0 Å². The molecule has 0 aromatic rings. The van der Waals surface area contributed by atoms with Crippen LogP contribution in [0.25, 0.3) is 0 Å². The van der Waals surface area contributed by atoms with Crippen molar-refractivity contribution in [3.05, 3.63) is 0 Å². The second-order valence-electron chi connectivity index (χ2n) is 5.14. The molecule has 3 aliphatic rings. The quantitative estimate of drug-likeness (QED) is 0.615. The molecular formula is C11H19NO. The van der Waals surface area contributed by atoms with E-state index in [9.17, 15) is 0 Å². The summed E-state index contributed by atoms with van der Waals surface area (Å²) >= 11 is 0. The van der Waals surface area contributed by atoms with Gasteiger partial charge in [-0.05, 0) is 49.4 Å². The zero-order valence-electron chi connectivity index (χ0n) is 8.17. The van der Waals surface area contributed by atoms with Gasteiger partial charge in [-0.3, -0.25) is 0 Å². The molecular weight excluding hydrogens is 162 g/mol. The van der Waals surface area contributed by atoms with E-state index in [4.69, 9.17) is 10.5 Å². The van der Waals surface area contributed by atoms with Gasteiger partial charge < -0.3 is 10.5 Å². The largest absolute Gasteiger partial charge is 0.381 e. The van der Waals surface area contributed by atoms with Crippen LogP contribution in [0.15, 0.2) is 0 Å². The van der Waals surface area contributed by atoms with Crippen molar-refractivity contribution in [2.75, 3.05) is 13.2 Å². The van der Waals surface area contributed by atoms with E-state index in [0.29, 0.717) is 11.5 Å². The molecule has 3 atom stereocenters. The van der Waals surface area contributed by atoms with Crippen LogP contribution in [-0.2, 0) is 4.74 Å². The molecule has 3 rings (SSSR count). The summed E-state index contributed by atoms with van der Waals surface area (Å²) in [7, 11) is 0. The Morgan fingerprint density at radius 3 is 2.54 bits per heavy atom. The Balaban J connectivity index is 1.88. The van der Waals surface area contributed by atoms with Gasteiger partial charge in [0.25, 0.3) is 0 Å². The molecule has 2 nitrogen and oxygen atoms in total. The SMILES string of the molecule is N[C@@H]1C2CCC(C2)C12CCOCC2. The molecule has 1 heterocycles. The first-order chi connectivity index (χ1) is 6.33. The lowest BCUT2D eigenvalue weighted by Gasteiger charge is -2.45. The Labute approximate surface area is 79.8 Å². The van der Waals surface area contributed by atoms with Crippen LogP contribution in [0.3, 0.4) is 0 Å². The van der Waals surface area contributed by atoms with Crippen molar-refractivity contribution in [1.82, 2.24) is 0 Å². The van der Waals surface area contributed by atoms with Gasteiger partial charge in [0.15, 0.2) is 0 Å². The molecule has 2 bridgehead atoms. The van der Waals surface area contributed by atoms with Gasteiger partial charge in [0.2, 0.25) is 0 Å². The van der Waals surface area contributed by atoms with E-state index in [-0.39, 0.29) is 0 Å². The number of ether oxygens (including phenoxy) is 1. The highest BCUT2D eigenvalue weighted by molar-refractivity contribution is 5.08. The highest BCUT2D eigenvalue weighted by Gasteiger charge is 2.56. The Kier molecular flexibility index (Phi) is 1.72. The Hall–Kier alpha value is -0.0800. The summed E-state index contributed by atoms with van der Waals surface area (Å²) in [5.41, 5.74) is 6.88. The maximum absolute atomic E-state index is 6.37. The van der Waals surface area contributed by atoms with Crippen LogP contribution in [0.1, 0.15) is 32.1 Å².